The first kappa shape index (κ1) is 13.0. The Morgan fingerprint density at radius 2 is 2.00 bits per heavy atom. The number of nitrogens with zero attached hydrogens (tertiary/aromatic N) is 3. The highest BCUT2D eigenvalue weighted by Gasteiger charge is 2.10. The Labute approximate surface area is 120 Å². The molecule has 0 radical (unpaired) electrons. The van der Waals surface area contributed by atoms with E-state index in [1.807, 2.05) is 0 Å². The van der Waals surface area contributed by atoms with Gasteiger partial charge in [-0.1, -0.05) is 18.2 Å². The number of benzene rings is 2. The monoisotopic (exact) mass is 282 g/mol. The van der Waals surface area contributed by atoms with Crippen molar-refractivity contribution in [3.63, 3.8) is 0 Å². The van der Waals surface area contributed by atoms with Crippen LogP contribution >= 0.6 is 0 Å². The van der Waals surface area contributed by atoms with Crippen molar-refractivity contribution in [1.29, 1.82) is 0 Å². The van der Waals surface area contributed by atoms with E-state index in [9.17, 15) is 9.18 Å². The first-order valence-corrected chi connectivity index (χ1v) is 6.25. The lowest BCUT2D eigenvalue weighted by Crippen LogP contribution is -2.13. The molecule has 1 amide bonds. The summed E-state index contributed by atoms with van der Waals surface area (Å²) in [4.78, 5) is 16.0. The van der Waals surface area contributed by atoms with E-state index in [0.717, 1.165) is 0 Å². The minimum atomic E-state index is -0.474. The summed E-state index contributed by atoms with van der Waals surface area (Å²) in [6.45, 7) is 0. The van der Waals surface area contributed by atoms with Gasteiger partial charge in [-0.3, -0.25) is 4.79 Å². The van der Waals surface area contributed by atoms with Crippen LogP contribution in [0.1, 0.15) is 10.4 Å². The van der Waals surface area contributed by atoms with E-state index < -0.39 is 5.82 Å². The van der Waals surface area contributed by atoms with Crippen molar-refractivity contribution in [2.75, 3.05) is 5.32 Å². The molecule has 0 saturated carbocycles. The van der Waals surface area contributed by atoms with Gasteiger partial charge >= 0.3 is 0 Å². The highest BCUT2D eigenvalue weighted by atomic mass is 19.1. The molecule has 3 aromatic rings. The van der Waals surface area contributed by atoms with Crippen molar-refractivity contribution in [2.24, 2.45) is 0 Å². The van der Waals surface area contributed by atoms with Gasteiger partial charge in [0.15, 0.2) is 0 Å². The van der Waals surface area contributed by atoms with Gasteiger partial charge in [0.05, 0.1) is 11.4 Å². The number of carbonyl (C=O) groups is 1. The second kappa shape index (κ2) is 5.54. The summed E-state index contributed by atoms with van der Waals surface area (Å²) in [5.41, 5.74) is 1.26. The summed E-state index contributed by atoms with van der Waals surface area (Å²) >= 11 is 0. The smallest absolute Gasteiger partial charge is 0.255 e. The molecule has 0 aliphatic carbocycles. The summed E-state index contributed by atoms with van der Waals surface area (Å²) in [6.07, 6.45) is 2.94. The normalized spacial score (nSPS) is 10.3. The molecule has 0 aliphatic rings. The number of nitrogens with one attached hydrogen (secondary N) is 1. The van der Waals surface area contributed by atoms with Crippen LogP contribution in [-0.4, -0.2) is 20.7 Å². The number of para-hydroxylation sites is 1. The second-order valence-electron chi connectivity index (χ2n) is 4.32. The van der Waals surface area contributed by atoms with Gasteiger partial charge < -0.3 is 5.32 Å². The van der Waals surface area contributed by atoms with Gasteiger partial charge in [0, 0.05) is 5.56 Å². The standard InChI is InChI=1S/C15H11FN4O/c16-13-6-1-2-7-14(13)19-15(21)11-4-3-5-12(8-11)20-10-17-9-18-20/h1-10H,(H,19,21). The third-order valence-corrected chi connectivity index (χ3v) is 2.91. The van der Waals surface area contributed by atoms with Crippen LogP contribution < -0.4 is 5.32 Å². The van der Waals surface area contributed by atoms with Gasteiger partial charge in [0.2, 0.25) is 0 Å². The Bertz CT molecular complexity index is 771. The number of hydrogen-bond acceptors (Lipinski definition) is 3. The molecule has 3 rings (SSSR count). The molecule has 0 atom stereocenters. The zero-order valence-corrected chi connectivity index (χ0v) is 10.9. The molecule has 0 fully saturated rings. The number of rotatable bonds is 3. The maximum Gasteiger partial charge on any atom is 0.255 e. The SMILES string of the molecule is O=C(Nc1ccccc1F)c1cccc(-n2cncn2)c1. The van der Waals surface area contributed by atoms with E-state index >= 15 is 0 Å². The molecule has 0 saturated heterocycles. The van der Waals surface area contributed by atoms with Crippen LogP contribution in [0, 0.1) is 5.82 Å². The number of hydrogen-bond donors (Lipinski definition) is 1. The molecule has 0 bridgehead atoms. The highest BCUT2D eigenvalue weighted by Crippen LogP contribution is 2.15. The molecule has 104 valence electrons. The lowest BCUT2D eigenvalue weighted by molar-refractivity contribution is 0.102. The molecular weight excluding hydrogens is 271 g/mol. The average molecular weight is 282 g/mol. The van der Waals surface area contributed by atoms with E-state index in [-0.39, 0.29) is 11.6 Å². The maximum atomic E-state index is 13.5. The number of anilines is 1. The Hall–Kier alpha value is -3.02. The zero-order chi connectivity index (χ0) is 14.7. The molecule has 21 heavy (non-hydrogen) atoms. The van der Waals surface area contributed by atoms with Gasteiger partial charge in [-0.25, -0.2) is 14.1 Å². The summed E-state index contributed by atoms with van der Waals surface area (Å²) in [5, 5.41) is 6.54. The summed E-state index contributed by atoms with van der Waals surface area (Å²) in [6, 6.07) is 12.9. The van der Waals surface area contributed by atoms with E-state index in [2.05, 4.69) is 15.4 Å². The molecule has 5 nitrogen and oxygen atoms in total. The molecule has 0 aliphatic heterocycles. The van der Waals surface area contributed by atoms with Crippen LogP contribution in [0.3, 0.4) is 0 Å². The molecule has 6 heteroatoms. The molecule has 0 spiro atoms. The van der Waals surface area contributed by atoms with Crippen LogP contribution in [0.4, 0.5) is 10.1 Å². The molecule has 1 heterocycles. The molecule has 1 N–H and O–H groups in total. The Kier molecular flexibility index (Phi) is 3.42. The van der Waals surface area contributed by atoms with E-state index in [0.29, 0.717) is 11.3 Å². The fourth-order valence-electron chi connectivity index (χ4n) is 1.89. The van der Waals surface area contributed by atoms with E-state index in [4.69, 9.17) is 0 Å². The second-order valence-corrected chi connectivity index (χ2v) is 4.32. The fraction of sp³-hybridized carbons (Fsp3) is 0. The van der Waals surface area contributed by atoms with Crippen molar-refractivity contribution in [3.8, 4) is 5.69 Å². The Morgan fingerprint density at radius 1 is 1.14 bits per heavy atom. The first-order chi connectivity index (χ1) is 10.2. The number of carbonyl (C=O) groups excluding carboxylic acids is 1. The lowest BCUT2D eigenvalue weighted by atomic mass is 10.2. The fourth-order valence-corrected chi connectivity index (χ4v) is 1.89. The Morgan fingerprint density at radius 3 is 2.76 bits per heavy atom. The van der Waals surface area contributed by atoms with Crippen molar-refractivity contribution >= 4 is 11.6 Å². The van der Waals surface area contributed by atoms with E-state index in [1.54, 1.807) is 41.1 Å². The topological polar surface area (TPSA) is 59.8 Å². The molecule has 1 aromatic heterocycles. The van der Waals surface area contributed by atoms with Crippen molar-refractivity contribution in [3.05, 3.63) is 72.6 Å². The van der Waals surface area contributed by atoms with Gasteiger partial charge in [-0.05, 0) is 30.3 Å². The predicted molar refractivity (Wildman–Crippen MR) is 75.7 cm³/mol. The van der Waals surface area contributed by atoms with Crippen molar-refractivity contribution in [2.45, 2.75) is 0 Å². The highest BCUT2D eigenvalue weighted by molar-refractivity contribution is 6.04. The summed E-state index contributed by atoms with van der Waals surface area (Å²) < 4.78 is 15.1. The summed E-state index contributed by atoms with van der Waals surface area (Å²) in [7, 11) is 0. The lowest BCUT2D eigenvalue weighted by Gasteiger charge is -2.07. The first-order valence-electron chi connectivity index (χ1n) is 6.25. The van der Waals surface area contributed by atoms with Crippen molar-refractivity contribution < 1.29 is 9.18 Å². The average Bonchev–Trinajstić information content (AvgIpc) is 3.04. The third-order valence-electron chi connectivity index (χ3n) is 2.91. The Balaban J connectivity index is 1.85. The van der Waals surface area contributed by atoms with E-state index in [1.165, 1.54) is 24.8 Å². The number of halogens is 1. The van der Waals surface area contributed by atoms with Gasteiger partial charge in [0.25, 0.3) is 5.91 Å². The molecule has 0 unspecified atom stereocenters. The molecular formula is C15H11FN4O. The maximum absolute atomic E-state index is 13.5. The minimum Gasteiger partial charge on any atom is -0.319 e. The predicted octanol–water partition coefficient (Wildman–Crippen LogP) is 2.66. The molecule has 2 aromatic carbocycles. The summed E-state index contributed by atoms with van der Waals surface area (Å²) in [5.74, 6) is -0.861. The minimum absolute atomic E-state index is 0.147. The zero-order valence-electron chi connectivity index (χ0n) is 10.9. The van der Waals surface area contributed by atoms with Crippen LogP contribution in [0.25, 0.3) is 5.69 Å². The largest absolute Gasteiger partial charge is 0.319 e. The van der Waals surface area contributed by atoms with Crippen LogP contribution in [0.15, 0.2) is 61.2 Å². The van der Waals surface area contributed by atoms with Gasteiger partial charge in [-0.2, -0.15) is 5.10 Å². The van der Waals surface area contributed by atoms with Crippen LogP contribution in [0.5, 0.6) is 0 Å². The number of aromatic nitrogens is 3. The van der Waals surface area contributed by atoms with Gasteiger partial charge in [-0.15, -0.1) is 0 Å². The van der Waals surface area contributed by atoms with Crippen LogP contribution in [0.2, 0.25) is 0 Å². The van der Waals surface area contributed by atoms with Crippen LogP contribution in [-0.2, 0) is 0 Å². The third kappa shape index (κ3) is 2.79. The number of amides is 1. The van der Waals surface area contributed by atoms with Gasteiger partial charge in [0.1, 0.15) is 18.5 Å². The van der Waals surface area contributed by atoms with Crippen molar-refractivity contribution in [1.82, 2.24) is 14.8 Å². The quantitative estimate of drug-likeness (QED) is 0.803.